The van der Waals surface area contributed by atoms with E-state index in [0.29, 0.717) is 10.4 Å². The Kier molecular flexibility index (Phi) is 4.84. The molecule has 24 heavy (non-hydrogen) atoms. The van der Waals surface area contributed by atoms with Gasteiger partial charge in [-0.25, -0.2) is 14.4 Å². The number of nitrogens with zero attached hydrogens (tertiary/aromatic N) is 2. The summed E-state index contributed by atoms with van der Waals surface area (Å²) in [7, 11) is 2.88. The number of aliphatic hydroxyl groups is 1. The van der Waals surface area contributed by atoms with Crippen molar-refractivity contribution in [2.45, 2.75) is 35.6 Å². The normalized spacial score (nSPS) is 33.4. The second-order valence-corrected chi connectivity index (χ2v) is 7.37. The zero-order chi connectivity index (χ0) is 17.5. The molecule has 3 rings (SSSR count). The molecule has 1 N–H and O–H groups in total. The van der Waals surface area contributed by atoms with Crippen LogP contribution in [0, 0.1) is 0 Å². The molecule has 0 aromatic carbocycles. The first-order valence-electron chi connectivity index (χ1n) is 7.28. The molecule has 1 aliphatic rings. The molecule has 0 aliphatic carbocycles. The van der Waals surface area contributed by atoms with Crippen LogP contribution in [0.15, 0.2) is 16.7 Å². The molecule has 1 aliphatic heterocycles. The molecule has 0 saturated carbocycles. The fourth-order valence-corrected chi connectivity index (χ4v) is 4.86. The quantitative estimate of drug-likeness (QED) is 0.636. The third-order valence-electron chi connectivity index (χ3n) is 4.30. The standard InChI is InChI=1S/C15H19FN2O4S2/c1-14(16)11(21-3)9(5-20-2)22-15(14,19)12-10-8(6-24-12)13(23-4)18-7-17-10/h6-7,9,11,19H,5H2,1-4H3. The molecule has 0 bridgehead atoms. The van der Waals surface area contributed by atoms with E-state index in [1.807, 2.05) is 6.26 Å². The molecule has 4 unspecified atom stereocenters. The molecule has 0 amide bonds. The first-order chi connectivity index (χ1) is 11.4. The van der Waals surface area contributed by atoms with Gasteiger partial charge in [-0.15, -0.1) is 23.1 Å². The van der Waals surface area contributed by atoms with Crippen molar-refractivity contribution in [1.29, 1.82) is 0 Å². The van der Waals surface area contributed by atoms with Gasteiger partial charge in [-0.05, 0) is 13.2 Å². The summed E-state index contributed by atoms with van der Waals surface area (Å²) in [5, 5.41) is 14.5. The van der Waals surface area contributed by atoms with E-state index in [1.165, 1.54) is 50.6 Å². The van der Waals surface area contributed by atoms with Gasteiger partial charge in [-0.3, -0.25) is 0 Å². The maximum atomic E-state index is 15.6. The summed E-state index contributed by atoms with van der Waals surface area (Å²) < 4.78 is 31.6. The van der Waals surface area contributed by atoms with Crippen molar-refractivity contribution >= 4 is 34.0 Å². The van der Waals surface area contributed by atoms with Crippen LogP contribution in [0.2, 0.25) is 0 Å². The molecule has 1 fully saturated rings. The van der Waals surface area contributed by atoms with Gasteiger partial charge >= 0.3 is 0 Å². The first-order valence-corrected chi connectivity index (χ1v) is 9.38. The van der Waals surface area contributed by atoms with Crippen molar-refractivity contribution in [1.82, 2.24) is 9.97 Å². The highest BCUT2D eigenvalue weighted by molar-refractivity contribution is 7.98. The Bertz CT molecular complexity index is 741. The van der Waals surface area contributed by atoms with E-state index in [2.05, 4.69) is 9.97 Å². The first kappa shape index (κ1) is 18.0. The Morgan fingerprint density at radius 2 is 2.21 bits per heavy atom. The Labute approximate surface area is 147 Å². The number of thiophene rings is 1. The van der Waals surface area contributed by atoms with Crippen molar-refractivity contribution in [3.63, 3.8) is 0 Å². The van der Waals surface area contributed by atoms with Gasteiger partial charge in [0, 0.05) is 25.0 Å². The average Bonchev–Trinajstić information content (AvgIpc) is 3.06. The number of thioether (sulfide) groups is 1. The zero-order valence-electron chi connectivity index (χ0n) is 13.8. The average molecular weight is 374 g/mol. The predicted octanol–water partition coefficient (Wildman–Crippen LogP) is 2.35. The van der Waals surface area contributed by atoms with Crippen molar-refractivity contribution < 1.29 is 23.7 Å². The summed E-state index contributed by atoms with van der Waals surface area (Å²) in [6.45, 7) is 1.38. The van der Waals surface area contributed by atoms with Crippen LogP contribution < -0.4 is 0 Å². The van der Waals surface area contributed by atoms with Gasteiger partial charge in [0.05, 0.1) is 17.0 Å². The number of halogens is 1. The Morgan fingerprint density at radius 3 is 2.83 bits per heavy atom. The van der Waals surface area contributed by atoms with Crippen molar-refractivity contribution in [2.75, 3.05) is 27.1 Å². The van der Waals surface area contributed by atoms with Gasteiger partial charge in [-0.2, -0.15) is 0 Å². The monoisotopic (exact) mass is 374 g/mol. The predicted molar refractivity (Wildman–Crippen MR) is 90.2 cm³/mol. The van der Waals surface area contributed by atoms with E-state index in [0.717, 1.165) is 10.4 Å². The molecular formula is C15H19FN2O4S2. The van der Waals surface area contributed by atoms with Crippen LogP contribution in [0.4, 0.5) is 4.39 Å². The van der Waals surface area contributed by atoms with E-state index < -0.39 is 23.7 Å². The molecule has 3 heterocycles. The summed E-state index contributed by atoms with van der Waals surface area (Å²) >= 11 is 2.66. The number of hydrogen-bond donors (Lipinski definition) is 1. The number of methoxy groups -OCH3 is 2. The molecule has 2 aromatic rings. The maximum absolute atomic E-state index is 15.6. The van der Waals surface area contributed by atoms with E-state index in [9.17, 15) is 5.11 Å². The van der Waals surface area contributed by atoms with Crippen molar-refractivity contribution in [3.05, 3.63) is 16.6 Å². The topological polar surface area (TPSA) is 73.7 Å². The van der Waals surface area contributed by atoms with Crippen LogP contribution in [0.5, 0.6) is 0 Å². The van der Waals surface area contributed by atoms with E-state index in [1.54, 1.807) is 5.38 Å². The Balaban J connectivity index is 2.14. The third kappa shape index (κ3) is 2.46. The molecular weight excluding hydrogens is 355 g/mol. The zero-order valence-corrected chi connectivity index (χ0v) is 15.4. The van der Waals surface area contributed by atoms with E-state index in [4.69, 9.17) is 14.2 Å². The molecule has 132 valence electrons. The Hall–Kier alpha value is -0.840. The lowest BCUT2D eigenvalue weighted by molar-refractivity contribution is -0.251. The molecule has 1 saturated heterocycles. The van der Waals surface area contributed by atoms with Crippen LogP contribution in [0.3, 0.4) is 0 Å². The largest absolute Gasteiger partial charge is 0.382 e. The van der Waals surface area contributed by atoms with Crippen LogP contribution in [-0.2, 0) is 20.0 Å². The Morgan fingerprint density at radius 1 is 1.46 bits per heavy atom. The summed E-state index contributed by atoms with van der Waals surface area (Å²) in [6.07, 6.45) is 1.59. The van der Waals surface area contributed by atoms with E-state index in [-0.39, 0.29) is 6.61 Å². The summed E-state index contributed by atoms with van der Waals surface area (Å²) in [6, 6.07) is 0. The van der Waals surface area contributed by atoms with Crippen LogP contribution >= 0.6 is 23.1 Å². The highest BCUT2D eigenvalue weighted by Crippen LogP contribution is 2.52. The third-order valence-corrected chi connectivity index (χ3v) is 6.07. The summed E-state index contributed by atoms with van der Waals surface area (Å²) in [5.41, 5.74) is -1.69. The minimum Gasteiger partial charge on any atom is -0.382 e. The van der Waals surface area contributed by atoms with E-state index >= 15 is 4.39 Å². The van der Waals surface area contributed by atoms with Gasteiger partial charge < -0.3 is 19.3 Å². The highest BCUT2D eigenvalue weighted by Gasteiger charge is 2.66. The van der Waals surface area contributed by atoms with Crippen LogP contribution in [0.25, 0.3) is 10.9 Å². The highest BCUT2D eigenvalue weighted by atomic mass is 32.2. The molecule has 9 heteroatoms. The molecule has 2 aromatic heterocycles. The fourth-order valence-electron chi connectivity index (χ4n) is 3.12. The SMILES string of the molecule is COCC1OC(O)(c2scc3c(SC)ncnc23)C(C)(F)C1OC. The summed E-state index contributed by atoms with van der Waals surface area (Å²) in [4.78, 5) is 8.74. The lowest BCUT2D eigenvalue weighted by atomic mass is 9.90. The van der Waals surface area contributed by atoms with Gasteiger partial charge in [0.15, 0.2) is 5.67 Å². The number of aromatic nitrogens is 2. The number of rotatable bonds is 5. The van der Waals surface area contributed by atoms with Gasteiger partial charge in [-0.1, -0.05) is 0 Å². The maximum Gasteiger partial charge on any atom is 0.242 e. The number of hydrogen-bond acceptors (Lipinski definition) is 8. The van der Waals surface area contributed by atoms with Crippen molar-refractivity contribution in [2.24, 2.45) is 0 Å². The molecule has 0 radical (unpaired) electrons. The number of fused-ring (bicyclic) bond motifs is 1. The van der Waals surface area contributed by atoms with Gasteiger partial charge in [0.1, 0.15) is 23.6 Å². The summed E-state index contributed by atoms with van der Waals surface area (Å²) in [5.74, 6) is -2.17. The molecule has 4 atom stereocenters. The minimum absolute atomic E-state index is 0.106. The number of ether oxygens (including phenoxy) is 3. The van der Waals surface area contributed by atoms with Gasteiger partial charge in [0.25, 0.3) is 0 Å². The van der Waals surface area contributed by atoms with Gasteiger partial charge in [0.2, 0.25) is 5.79 Å². The second kappa shape index (κ2) is 6.47. The fraction of sp³-hybridized carbons (Fsp3) is 0.600. The van der Waals surface area contributed by atoms with Crippen molar-refractivity contribution in [3.8, 4) is 0 Å². The lowest BCUT2D eigenvalue weighted by Gasteiger charge is -2.32. The smallest absolute Gasteiger partial charge is 0.242 e. The second-order valence-electron chi connectivity index (χ2n) is 5.70. The minimum atomic E-state index is -2.17. The number of alkyl halides is 1. The van der Waals surface area contributed by atoms with Crippen LogP contribution in [-0.4, -0.2) is 60.0 Å². The molecule has 0 spiro atoms. The lowest BCUT2D eigenvalue weighted by Crippen LogP contribution is -2.49. The van der Waals surface area contributed by atoms with Crippen LogP contribution in [0.1, 0.15) is 11.8 Å². The molecule has 6 nitrogen and oxygen atoms in total.